The predicted molar refractivity (Wildman–Crippen MR) is 114 cm³/mol. The van der Waals surface area contributed by atoms with Gasteiger partial charge in [-0.1, -0.05) is 6.07 Å². The minimum absolute atomic E-state index is 0.0499. The SMILES string of the molecule is O=C(NNC1C(O)C(N(c2cccc(F)c2)c2cc(F)cc(F)c2)C1O)c1ncccc1C(F)(F)F. The highest BCUT2D eigenvalue weighted by atomic mass is 19.4. The zero-order valence-electron chi connectivity index (χ0n) is 18.0. The van der Waals surface area contributed by atoms with Gasteiger partial charge in [0.1, 0.15) is 23.1 Å². The molecule has 2 aromatic carbocycles. The van der Waals surface area contributed by atoms with Crippen molar-refractivity contribution in [1.29, 1.82) is 0 Å². The van der Waals surface area contributed by atoms with E-state index in [0.717, 1.165) is 41.4 Å². The summed E-state index contributed by atoms with van der Waals surface area (Å²) in [6.07, 6.45) is -6.92. The molecular formula is C23H18F6N4O3. The molecule has 1 aromatic heterocycles. The summed E-state index contributed by atoms with van der Waals surface area (Å²) in [4.78, 5) is 16.9. The van der Waals surface area contributed by atoms with Crippen LogP contribution in [0.4, 0.5) is 37.7 Å². The number of carbonyl (C=O) groups excluding carboxylic acids is 1. The lowest BCUT2D eigenvalue weighted by molar-refractivity contribution is -0.138. The van der Waals surface area contributed by atoms with Gasteiger partial charge in [0.2, 0.25) is 0 Å². The summed E-state index contributed by atoms with van der Waals surface area (Å²) >= 11 is 0. The van der Waals surface area contributed by atoms with Crippen molar-refractivity contribution >= 4 is 17.3 Å². The molecule has 0 spiro atoms. The van der Waals surface area contributed by atoms with Crippen LogP contribution in [-0.4, -0.2) is 45.4 Å². The van der Waals surface area contributed by atoms with Crippen LogP contribution in [-0.2, 0) is 6.18 Å². The highest BCUT2D eigenvalue weighted by Crippen LogP contribution is 2.38. The molecule has 0 aliphatic heterocycles. The first kappa shape index (κ1) is 25.4. The standard InChI is InChI=1S/C23H18F6N4O3/c24-11-3-1-4-14(8-11)33(15-9-12(25)7-13(26)10-15)19-20(34)18(21(19)35)31-32-22(36)17-16(23(27,28)29)5-2-6-30-17/h1-10,18-21,31,34-35H,(H,32,36). The number of hydrogen-bond donors (Lipinski definition) is 4. The maximum Gasteiger partial charge on any atom is 0.418 e. The van der Waals surface area contributed by atoms with E-state index in [1.54, 1.807) is 0 Å². The minimum Gasteiger partial charge on any atom is -0.389 e. The fourth-order valence-electron chi connectivity index (χ4n) is 3.98. The van der Waals surface area contributed by atoms with Gasteiger partial charge in [0.05, 0.1) is 29.9 Å². The third-order valence-electron chi connectivity index (χ3n) is 5.63. The molecule has 36 heavy (non-hydrogen) atoms. The highest BCUT2D eigenvalue weighted by Gasteiger charge is 2.53. The summed E-state index contributed by atoms with van der Waals surface area (Å²) in [5, 5.41) is 21.4. The first-order valence-corrected chi connectivity index (χ1v) is 10.4. The number of benzene rings is 2. The average Bonchev–Trinajstić information content (AvgIpc) is 2.81. The van der Waals surface area contributed by atoms with Crippen molar-refractivity contribution in [2.75, 3.05) is 4.90 Å². The minimum atomic E-state index is -4.85. The number of nitrogens with one attached hydrogen (secondary N) is 2. The molecule has 0 saturated heterocycles. The Hall–Kier alpha value is -3.68. The van der Waals surface area contributed by atoms with Gasteiger partial charge in [0.25, 0.3) is 5.91 Å². The molecule has 2 unspecified atom stereocenters. The van der Waals surface area contributed by atoms with Crippen LogP contribution in [0.2, 0.25) is 0 Å². The molecule has 1 amide bonds. The summed E-state index contributed by atoms with van der Waals surface area (Å²) in [7, 11) is 0. The Morgan fingerprint density at radius 2 is 1.53 bits per heavy atom. The van der Waals surface area contributed by atoms with Gasteiger partial charge in [-0.3, -0.25) is 15.2 Å². The quantitative estimate of drug-likeness (QED) is 0.300. The number of nitrogens with zero attached hydrogens (tertiary/aromatic N) is 2. The van der Waals surface area contributed by atoms with E-state index >= 15 is 0 Å². The monoisotopic (exact) mass is 512 g/mol. The van der Waals surface area contributed by atoms with Crippen LogP contribution < -0.4 is 15.8 Å². The van der Waals surface area contributed by atoms with Gasteiger partial charge in [-0.15, -0.1) is 0 Å². The number of halogens is 6. The lowest BCUT2D eigenvalue weighted by Gasteiger charge is -2.52. The van der Waals surface area contributed by atoms with Crippen LogP contribution >= 0.6 is 0 Å². The van der Waals surface area contributed by atoms with Crippen LogP contribution in [0.1, 0.15) is 16.1 Å². The van der Waals surface area contributed by atoms with Gasteiger partial charge < -0.3 is 15.1 Å². The maximum absolute atomic E-state index is 13.9. The Morgan fingerprint density at radius 1 is 0.889 bits per heavy atom. The number of aliphatic hydroxyl groups is 2. The van der Waals surface area contributed by atoms with E-state index in [-0.39, 0.29) is 11.4 Å². The number of hydrazine groups is 1. The Balaban J connectivity index is 1.55. The summed E-state index contributed by atoms with van der Waals surface area (Å²) in [6.45, 7) is 0. The summed E-state index contributed by atoms with van der Waals surface area (Å²) < 4.78 is 81.2. The summed E-state index contributed by atoms with van der Waals surface area (Å²) in [5.41, 5.74) is 1.91. The third kappa shape index (κ3) is 4.98. The number of anilines is 2. The first-order valence-electron chi connectivity index (χ1n) is 10.4. The number of amides is 1. The molecule has 1 heterocycles. The van der Waals surface area contributed by atoms with Gasteiger partial charge in [-0.05, 0) is 42.5 Å². The molecule has 190 valence electrons. The van der Waals surface area contributed by atoms with E-state index in [1.165, 1.54) is 12.1 Å². The molecule has 0 radical (unpaired) electrons. The molecule has 4 rings (SSSR count). The van der Waals surface area contributed by atoms with Crippen LogP contribution in [0.3, 0.4) is 0 Å². The van der Waals surface area contributed by atoms with Crippen molar-refractivity contribution in [3.63, 3.8) is 0 Å². The normalized spacial score (nSPS) is 21.6. The Morgan fingerprint density at radius 3 is 2.14 bits per heavy atom. The number of aromatic nitrogens is 1. The molecule has 1 fully saturated rings. The third-order valence-corrected chi connectivity index (χ3v) is 5.63. The van der Waals surface area contributed by atoms with E-state index in [9.17, 15) is 41.4 Å². The zero-order valence-corrected chi connectivity index (χ0v) is 18.0. The molecular weight excluding hydrogens is 494 g/mol. The lowest BCUT2D eigenvalue weighted by atomic mass is 9.78. The fraction of sp³-hybridized carbons (Fsp3) is 0.217. The van der Waals surface area contributed by atoms with E-state index in [1.807, 2.05) is 5.43 Å². The van der Waals surface area contributed by atoms with E-state index in [2.05, 4.69) is 10.4 Å². The molecule has 7 nitrogen and oxygen atoms in total. The van der Waals surface area contributed by atoms with E-state index in [0.29, 0.717) is 12.1 Å². The average molecular weight is 512 g/mol. The number of carbonyl (C=O) groups is 1. The van der Waals surface area contributed by atoms with Crippen molar-refractivity contribution in [3.05, 3.63) is 89.5 Å². The Kier molecular flexibility index (Phi) is 6.89. The van der Waals surface area contributed by atoms with Gasteiger partial charge >= 0.3 is 6.18 Å². The predicted octanol–water partition coefficient (Wildman–Crippen LogP) is 3.06. The lowest BCUT2D eigenvalue weighted by Crippen LogP contribution is -2.75. The van der Waals surface area contributed by atoms with Crippen molar-refractivity contribution in [3.8, 4) is 0 Å². The molecule has 2 atom stereocenters. The number of pyridine rings is 1. The van der Waals surface area contributed by atoms with Crippen LogP contribution in [0.25, 0.3) is 0 Å². The number of hydrogen-bond acceptors (Lipinski definition) is 6. The Bertz CT molecular complexity index is 1240. The fourth-order valence-corrected chi connectivity index (χ4v) is 3.98. The van der Waals surface area contributed by atoms with Crippen molar-refractivity contribution in [2.24, 2.45) is 0 Å². The topological polar surface area (TPSA) is 97.7 Å². The smallest absolute Gasteiger partial charge is 0.389 e. The van der Waals surface area contributed by atoms with Crippen LogP contribution in [0.5, 0.6) is 0 Å². The summed E-state index contributed by atoms with van der Waals surface area (Å²) in [5.74, 6) is -3.91. The van der Waals surface area contributed by atoms with E-state index < -0.39 is 65.1 Å². The molecule has 1 aliphatic rings. The second-order valence-electron chi connectivity index (χ2n) is 7.97. The Labute approximate surface area is 200 Å². The van der Waals surface area contributed by atoms with Crippen LogP contribution in [0, 0.1) is 17.5 Å². The molecule has 3 aromatic rings. The van der Waals surface area contributed by atoms with Gasteiger partial charge in [0.15, 0.2) is 0 Å². The maximum atomic E-state index is 13.9. The number of aliphatic hydroxyl groups excluding tert-OH is 2. The number of rotatable bonds is 6. The molecule has 1 aliphatic carbocycles. The van der Waals surface area contributed by atoms with Crippen LogP contribution in [0.15, 0.2) is 60.8 Å². The number of alkyl halides is 3. The van der Waals surface area contributed by atoms with Crippen molar-refractivity contribution < 1.29 is 41.4 Å². The highest BCUT2D eigenvalue weighted by molar-refractivity contribution is 5.93. The van der Waals surface area contributed by atoms with Gasteiger partial charge in [-0.2, -0.15) is 13.2 Å². The van der Waals surface area contributed by atoms with Crippen molar-refractivity contribution in [1.82, 2.24) is 15.8 Å². The largest absolute Gasteiger partial charge is 0.418 e. The van der Waals surface area contributed by atoms with Gasteiger partial charge in [0, 0.05) is 23.6 Å². The molecule has 1 saturated carbocycles. The summed E-state index contributed by atoms with van der Waals surface area (Å²) in [6, 6.07) is 6.36. The van der Waals surface area contributed by atoms with Crippen molar-refractivity contribution in [2.45, 2.75) is 30.5 Å². The first-order chi connectivity index (χ1) is 17.0. The second kappa shape index (κ2) is 9.76. The van der Waals surface area contributed by atoms with E-state index in [4.69, 9.17) is 0 Å². The van der Waals surface area contributed by atoms with Gasteiger partial charge in [-0.25, -0.2) is 18.6 Å². The molecule has 4 N–H and O–H groups in total. The molecule has 0 bridgehead atoms. The zero-order chi connectivity index (χ0) is 26.2. The molecule has 13 heteroatoms. The second-order valence-corrected chi connectivity index (χ2v) is 7.97.